The number of azo groups is 1. The van der Waals surface area contributed by atoms with E-state index < -0.39 is 5.92 Å². The second-order valence-corrected chi connectivity index (χ2v) is 4.73. The van der Waals surface area contributed by atoms with Crippen molar-refractivity contribution >= 4 is 11.5 Å². The minimum absolute atomic E-state index is 0.0537. The van der Waals surface area contributed by atoms with E-state index in [2.05, 4.69) is 15.2 Å². The van der Waals surface area contributed by atoms with Gasteiger partial charge in [-0.15, -0.1) is 5.11 Å². The predicted molar refractivity (Wildman–Crippen MR) is 81.7 cm³/mol. The van der Waals surface area contributed by atoms with Crippen LogP contribution in [0.5, 0.6) is 0 Å². The minimum Gasteiger partial charge on any atom is -0.505 e. The first-order valence-corrected chi connectivity index (χ1v) is 6.79. The molecule has 0 saturated heterocycles. The average Bonchev–Trinajstić information content (AvgIpc) is 2.56. The van der Waals surface area contributed by atoms with Crippen LogP contribution in [0.4, 0.5) is 5.69 Å². The molecule has 1 aliphatic carbocycles. The van der Waals surface area contributed by atoms with Gasteiger partial charge in [0.2, 0.25) is 0 Å². The van der Waals surface area contributed by atoms with Gasteiger partial charge in [-0.3, -0.25) is 9.78 Å². The van der Waals surface area contributed by atoms with Gasteiger partial charge in [0.1, 0.15) is 5.76 Å². The maximum Gasteiger partial charge on any atom is 0.199 e. The fraction of sp³-hybridized carbons (Fsp3) is 0.0588. The molecule has 22 heavy (non-hydrogen) atoms. The van der Waals surface area contributed by atoms with Crippen LogP contribution in [0.25, 0.3) is 0 Å². The molecule has 0 fully saturated rings. The van der Waals surface area contributed by atoms with Crippen LogP contribution < -0.4 is 0 Å². The molecule has 0 aliphatic heterocycles. The number of nitrogens with zero attached hydrogens (tertiary/aromatic N) is 3. The Morgan fingerprint density at radius 3 is 2.50 bits per heavy atom. The van der Waals surface area contributed by atoms with Crippen LogP contribution in [0.3, 0.4) is 0 Å². The third-order valence-electron chi connectivity index (χ3n) is 3.23. The number of carbonyl (C=O) groups is 1. The summed E-state index contributed by atoms with van der Waals surface area (Å²) in [5.74, 6) is -1.06. The first-order valence-electron chi connectivity index (χ1n) is 6.79. The van der Waals surface area contributed by atoms with Gasteiger partial charge in [0.05, 0.1) is 17.3 Å². The molecule has 0 radical (unpaired) electrons. The molecular formula is C17H13N3O2. The normalized spacial score (nSPS) is 18.2. The molecule has 1 atom stereocenters. The van der Waals surface area contributed by atoms with Crippen LogP contribution in [0.15, 0.2) is 88.6 Å². The number of allylic oxidation sites excluding steroid dienone is 3. The summed E-state index contributed by atoms with van der Waals surface area (Å²) in [7, 11) is 0. The van der Waals surface area contributed by atoms with Crippen LogP contribution in [0.1, 0.15) is 11.6 Å². The Morgan fingerprint density at radius 2 is 1.77 bits per heavy atom. The first-order chi connectivity index (χ1) is 10.8. The molecule has 1 unspecified atom stereocenters. The highest BCUT2D eigenvalue weighted by molar-refractivity contribution is 6.02. The van der Waals surface area contributed by atoms with Gasteiger partial charge < -0.3 is 5.11 Å². The Hall–Kier alpha value is -3.08. The van der Waals surface area contributed by atoms with E-state index in [4.69, 9.17) is 0 Å². The maximum absolute atomic E-state index is 12.5. The number of hydrogen-bond acceptors (Lipinski definition) is 5. The molecule has 5 heteroatoms. The number of benzene rings is 1. The third-order valence-corrected chi connectivity index (χ3v) is 3.23. The van der Waals surface area contributed by atoms with E-state index in [0.717, 1.165) is 0 Å². The summed E-state index contributed by atoms with van der Waals surface area (Å²) in [5, 5.41) is 17.8. The number of aliphatic hydroxyl groups excluding tert-OH is 1. The number of rotatable bonds is 3. The van der Waals surface area contributed by atoms with Gasteiger partial charge in [-0.1, -0.05) is 30.3 Å². The number of aromatic nitrogens is 1. The SMILES string of the molecule is O=C1C(N=Nc2ccccc2)=C(O)C=CC1c1ccccn1. The number of hydrogen-bond donors (Lipinski definition) is 1. The molecular weight excluding hydrogens is 278 g/mol. The lowest BCUT2D eigenvalue weighted by Gasteiger charge is -2.15. The van der Waals surface area contributed by atoms with E-state index in [1.165, 1.54) is 6.08 Å². The zero-order valence-electron chi connectivity index (χ0n) is 11.6. The van der Waals surface area contributed by atoms with E-state index in [-0.39, 0.29) is 17.2 Å². The molecule has 2 aromatic rings. The molecule has 3 rings (SSSR count). The molecule has 108 valence electrons. The molecule has 0 bridgehead atoms. The number of carbonyl (C=O) groups excluding carboxylic acids is 1. The van der Waals surface area contributed by atoms with Crippen LogP contribution in [0.2, 0.25) is 0 Å². The monoisotopic (exact) mass is 291 g/mol. The molecule has 1 aromatic heterocycles. The summed E-state index contributed by atoms with van der Waals surface area (Å²) in [6.45, 7) is 0. The molecule has 1 N–H and O–H groups in total. The Kier molecular flexibility index (Phi) is 3.87. The zero-order valence-corrected chi connectivity index (χ0v) is 11.6. The van der Waals surface area contributed by atoms with Crippen molar-refractivity contribution in [1.82, 2.24) is 4.98 Å². The average molecular weight is 291 g/mol. The van der Waals surface area contributed by atoms with Gasteiger partial charge in [0.25, 0.3) is 0 Å². The Morgan fingerprint density at radius 1 is 1.00 bits per heavy atom. The lowest BCUT2D eigenvalue weighted by atomic mass is 9.92. The van der Waals surface area contributed by atoms with Crippen molar-refractivity contribution in [2.75, 3.05) is 0 Å². The highest BCUT2D eigenvalue weighted by Gasteiger charge is 2.28. The predicted octanol–water partition coefficient (Wildman–Crippen LogP) is 3.86. The number of ketones is 1. The fourth-order valence-corrected chi connectivity index (χ4v) is 2.12. The van der Waals surface area contributed by atoms with Crippen molar-refractivity contribution in [3.8, 4) is 0 Å². The Bertz CT molecular complexity index is 765. The van der Waals surface area contributed by atoms with Crippen molar-refractivity contribution in [3.05, 3.63) is 84.0 Å². The largest absolute Gasteiger partial charge is 0.505 e. The topological polar surface area (TPSA) is 74.9 Å². The van der Waals surface area contributed by atoms with Crippen molar-refractivity contribution < 1.29 is 9.90 Å². The van der Waals surface area contributed by atoms with E-state index in [1.807, 2.05) is 24.3 Å². The van der Waals surface area contributed by atoms with E-state index >= 15 is 0 Å². The van der Waals surface area contributed by atoms with E-state index in [0.29, 0.717) is 11.4 Å². The fourth-order valence-electron chi connectivity index (χ4n) is 2.12. The van der Waals surface area contributed by atoms with Crippen molar-refractivity contribution in [2.45, 2.75) is 5.92 Å². The Balaban J connectivity index is 1.89. The summed E-state index contributed by atoms with van der Waals surface area (Å²) in [6, 6.07) is 14.4. The minimum atomic E-state index is -0.554. The molecule has 5 nitrogen and oxygen atoms in total. The standard InChI is InChI=1S/C17H13N3O2/c21-15-10-9-13(14-8-4-5-11-18-14)17(22)16(15)20-19-12-6-2-1-3-7-12/h1-11,13,21H. The summed E-state index contributed by atoms with van der Waals surface area (Å²) in [4.78, 5) is 16.7. The van der Waals surface area contributed by atoms with Gasteiger partial charge in [-0.05, 0) is 30.3 Å². The van der Waals surface area contributed by atoms with Gasteiger partial charge in [-0.25, -0.2) is 0 Å². The third kappa shape index (κ3) is 2.83. The van der Waals surface area contributed by atoms with Gasteiger partial charge in [0.15, 0.2) is 11.5 Å². The van der Waals surface area contributed by atoms with Crippen LogP contribution in [-0.4, -0.2) is 15.9 Å². The lowest BCUT2D eigenvalue weighted by molar-refractivity contribution is -0.116. The smallest absolute Gasteiger partial charge is 0.199 e. The number of pyridine rings is 1. The number of aliphatic hydroxyl groups is 1. The summed E-state index contributed by atoms with van der Waals surface area (Å²) in [5.41, 5.74) is 1.17. The summed E-state index contributed by atoms with van der Waals surface area (Å²) < 4.78 is 0. The van der Waals surface area contributed by atoms with Crippen LogP contribution >= 0.6 is 0 Å². The summed E-state index contributed by atoms with van der Waals surface area (Å²) >= 11 is 0. The second kappa shape index (κ2) is 6.13. The Labute approximate surface area is 127 Å². The van der Waals surface area contributed by atoms with Crippen molar-refractivity contribution in [3.63, 3.8) is 0 Å². The highest BCUT2D eigenvalue weighted by Crippen LogP contribution is 2.28. The second-order valence-electron chi connectivity index (χ2n) is 4.73. The molecule has 1 heterocycles. The van der Waals surface area contributed by atoms with Crippen molar-refractivity contribution in [2.24, 2.45) is 10.2 Å². The zero-order chi connectivity index (χ0) is 15.4. The number of Topliss-reactive ketones (excluding diaryl/α,β-unsaturated/α-hetero) is 1. The first kappa shape index (κ1) is 13.9. The van der Waals surface area contributed by atoms with Gasteiger partial charge >= 0.3 is 0 Å². The molecule has 0 spiro atoms. The maximum atomic E-state index is 12.5. The molecule has 0 amide bonds. The van der Waals surface area contributed by atoms with Gasteiger partial charge in [0, 0.05) is 6.20 Å². The molecule has 1 aliphatic rings. The molecule has 1 aromatic carbocycles. The van der Waals surface area contributed by atoms with Crippen LogP contribution in [0, 0.1) is 0 Å². The molecule has 0 saturated carbocycles. The highest BCUT2D eigenvalue weighted by atomic mass is 16.3. The van der Waals surface area contributed by atoms with E-state index in [1.54, 1.807) is 36.5 Å². The quantitative estimate of drug-likeness (QED) is 0.872. The van der Waals surface area contributed by atoms with E-state index in [9.17, 15) is 9.90 Å². The van der Waals surface area contributed by atoms with Gasteiger partial charge in [-0.2, -0.15) is 5.11 Å². The van der Waals surface area contributed by atoms with Crippen LogP contribution in [-0.2, 0) is 4.79 Å². The van der Waals surface area contributed by atoms with Crippen molar-refractivity contribution in [1.29, 1.82) is 0 Å². The lowest BCUT2D eigenvalue weighted by Crippen LogP contribution is -2.17. The summed E-state index contributed by atoms with van der Waals surface area (Å²) in [6.07, 6.45) is 4.70.